The molecule has 3 heteroatoms. The van der Waals surface area contributed by atoms with Gasteiger partial charge in [0.15, 0.2) is 0 Å². The van der Waals surface area contributed by atoms with Gasteiger partial charge in [0.2, 0.25) is 0 Å². The van der Waals surface area contributed by atoms with E-state index in [2.05, 4.69) is 264 Å². The van der Waals surface area contributed by atoms with Crippen LogP contribution in [-0.2, 0) is 0 Å². The van der Waals surface area contributed by atoms with Gasteiger partial charge in [0, 0.05) is 44.3 Å². The zero-order valence-corrected chi connectivity index (χ0v) is 37.7. The number of anilines is 3. The van der Waals surface area contributed by atoms with Crippen molar-refractivity contribution in [3.05, 3.63) is 267 Å². The molecule has 0 N–H and O–H groups in total. The van der Waals surface area contributed by atoms with Crippen molar-refractivity contribution in [2.45, 2.75) is 0 Å². The highest BCUT2D eigenvalue weighted by atomic mass is 16.3. The Bertz CT molecular complexity index is 3920. The minimum Gasteiger partial charge on any atom is -0.456 e. The maximum absolute atomic E-state index is 6.27. The van der Waals surface area contributed by atoms with Gasteiger partial charge in [-0.1, -0.05) is 188 Å². The van der Waals surface area contributed by atoms with Gasteiger partial charge in [0.1, 0.15) is 11.2 Å². The third-order valence-corrected chi connectivity index (χ3v) is 13.6. The Morgan fingerprint density at radius 1 is 0.261 bits per heavy atom. The van der Waals surface area contributed by atoms with Gasteiger partial charge < -0.3 is 13.9 Å². The van der Waals surface area contributed by atoms with Crippen molar-refractivity contribution in [3.63, 3.8) is 0 Å². The van der Waals surface area contributed by atoms with Gasteiger partial charge in [-0.2, -0.15) is 0 Å². The average molecular weight is 881 g/mol. The first kappa shape index (κ1) is 40.1. The molecule has 0 spiro atoms. The molecule has 3 nitrogen and oxygen atoms in total. The fourth-order valence-electron chi connectivity index (χ4n) is 10.2. The summed E-state index contributed by atoms with van der Waals surface area (Å²) in [7, 11) is 0. The molecule has 0 saturated carbocycles. The monoisotopic (exact) mass is 880 g/mol. The first-order valence-electron chi connectivity index (χ1n) is 23.6. The smallest absolute Gasteiger partial charge is 0.136 e. The predicted molar refractivity (Wildman–Crippen MR) is 290 cm³/mol. The largest absolute Gasteiger partial charge is 0.456 e. The topological polar surface area (TPSA) is 21.3 Å². The van der Waals surface area contributed by atoms with Gasteiger partial charge >= 0.3 is 0 Å². The van der Waals surface area contributed by atoms with E-state index >= 15 is 0 Å². The Balaban J connectivity index is 0.824. The summed E-state index contributed by atoms with van der Waals surface area (Å²) in [6.45, 7) is 0. The lowest BCUT2D eigenvalue weighted by molar-refractivity contribution is 0.669. The number of aromatic nitrogens is 1. The highest BCUT2D eigenvalue weighted by Gasteiger charge is 2.17. The molecule has 324 valence electrons. The summed E-state index contributed by atoms with van der Waals surface area (Å²) in [6, 6.07) is 96.0. The third kappa shape index (κ3) is 7.25. The van der Waals surface area contributed by atoms with E-state index in [-0.39, 0.29) is 0 Å². The summed E-state index contributed by atoms with van der Waals surface area (Å²) >= 11 is 0. The van der Waals surface area contributed by atoms with Crippen LogP contribution in [0.5, 0.6) is 0 Å². The van der Waals surface area contributed by atoms with Crippen LogP contribution >= 0.6 is 0 Å². The fourth-order valence-corrected chi connectivity index (χ4v) is 10.2. The maximum atomic E-state index is 6.27. The molecule has 2 heterocycles. The molecule has 0 fully saturated rings. The van der Waals surface area contributed by atoms with Crippen LogP contribution in [0.1, 0.15) is 0 Å². The standard InChI is InChI=1S/C66H44N2O/c1-2-13-49(14-3-1)57-17-4-5-18-58(57)50-33-40-55(41-34-50)67(54-38-31-48(32-39-54)52-35-42-62-61-21-8-11-24-65(61)69-66(62)44-52)53-36-29-46(30-37-53)45-25-27-47(28-26-45)51-15-12-16-56(43-51)68-63-22-9-6-19-59(63)60-20-7-10-23-64(60)68/h1-44H. The summed E-state index contributed by atoms with van der Waals surface area (Å²) in [6.07, 6.45) is 0. The summed E-state index contributed by atoms with van der Waals surface area (Å²) in [5.74, 6) is 0. The zero-order valence-electron chi connectivity index (χ0n) is 37.7. The van der Waals surface area contributed by atoms with Gasteiger partial charge in [0.25, 0.3) is 0 Å². The lowest BCUT2D eigenvalue weighted by Gasteiger charge is -2.26. The van der Waals surface area contributed by atoms with E-state index in [1.807, 2.05) is 12.1 Å². The highest BCUT2D eigenvalue weighted by molar-refractivity contribution is 6.09. The number of hydrogen-bond acceptors (Lipinski definition) is 2. The van der Waals surface area contributed by atoms with Crippen LogP contribution in [0.25, 0.3) is 105 Å². The number of nitrogens with zero attached hydrogens (tertiary/aromatic N) is 2. The number of fused-ring (bicyclic) bond motifs is 6. The van der Waals surface area contributed by atoms with Crippen LogP contribution in [0.3, 0.4) is 0 Å². The van der Waals surface area contributed by atoms with E-state index in [1.165, 1.54) is 60.8 Å². The van der Waals surface area contributed by atoms with Gasteiger partial charge in [0.05, 0.1) is 11.0 Å². The van der Waals surface area contributed by atoms with Crippen molar-refractivity contribution in [1.82, 2.24) is 4.57 Å². The number of para-hydroxylation sites is 3. The Labute approximate surface area is 401 Å². The molecule has 0 radical (unpaired) electrons. The Morgan fingerprint density at radius 3 is 1.26 bits per heavy atom. The van der Waals surface area contributed by atoms with E-state index in [9.17, 15) is 0 Å². The summed E-state index contributed by atoms with van der Waals surface area (Å²) in [5.41, 5.74) is 20.3. The molecule has 0 atom stereocenters. The van der Waals surface area contributed by atoms with Gasteiger partial charge in [-0.3, -0.25) is 0 Å². The van der Waals surface area contributed by atoms with Gasteiger partial charge in [-0.05, 0) is 134 Å². The van der Waals surface area contributed by atoms with Gasteiger partial charge in [-0.15, -0.1) is 0 Å². The molecule has 0 saturated heterocycles. The third-order valence-electron chi connectivity index (χ3n) is 13.6. The minimum absolute atomic E-state index is 0.896. The number of rotatable bonds is 9. The van der Waals surface area contributed by atoms with E-state index in [1.54, 1.807) is 0 Å². The molecule has 0 amide bonds. The lowest BCUT2D eigenvalue weighted by atomic mass is 9.94. The zero-order chi connectivity index (χ0) is 45.7. The molecule has 2 aromatic heterocycles. The first-order chi connectivity index (χ1) is 34.2. The second-order valence-electron chi connectivity index (χ2n) is 17.7. The van der Waals surface area contributed by atoms with Crippen LogP contribution in [0.15, 0.2) is 271 Å². The number of furan rings is 1. The fraction of sp³-hybridized carbons (Fsp3) is 0. The second kappa shape index (κ2) is 16.9. The van der Waals surface area contributed by atoms with Crippen LogP contribution in [0, 0.1) is 0 Å². The molecule has 13 aromatic rings. The second-order valence-corrected chi connectivity index (χ2v) is 17.7. The highest BCUT2D eigenvalue weighted by Crippen LogP contribution is 2.41. The quantitative estimate of drug-likeness (QED) is 0.144. The SMILES string of the molecule is c1ccc(-c2ccccc2-c2ccc(N(c3ccc(-c4ccc(-c5cccc(-n6c7ccccc7c7ccccc76)c5)cc4)cc3)c3ccc(-c4ccc5c(c4)oc4ccccc45)cc3)cc2)cc1. The molecular formula is C66H44N2O. The molecule has 0 aliphatic rings. The van der Waals surface area contributed by atoms with Crippen molar-refractivity contribution in [2.24, 2.45) is 0 Å². The maximum Gasteiger partial charge on any atom is 0.136 e. The normalized spacial score (nSPS) is 11.5. The molecule has 11 aromatic carbocycles. The van der Waals surface area contributed by atoms with Crippen molar-refractivity contribution >= 4 is 60.8 Å². The van der Waals surface area contributed by atoms with Crippen LogP contribution in [0.2, 0.25) is 0 Å². The Hall–Kier alpha value is -9.18. The molecule has 13 rings (SSSR count). The van der Waals surface area contributed by atoms with E-state index in [4.69, 9.17) is 4.42 Å². The summed E-state index contributed by atoms with van der Waals surface area (Å²) in [4.78, 5) is 2.34. The minimum atomic E-state index is 0.896. The van der Waals surface area contributed by atoms with Crippen LogP contribution in [-0.4, -0.2) is 4.57 Å². The summed E-state index contributed by atoms with van der Waals surface area (Å²) in [5, 5.41) is 4.80. The molecule has 69 heavy (non-hydrogen) atoms. The number of benzene rings is 11. The van der Waals surface area contributed by atoms with Crippen LogP contribution in [0.4, 0.5) is 17.1 Å². The van der Waals surface area contributed by atoms with E-state index in [0.29, 0.717) is 0 Å². The van der Waals surface area contributed by atoms with Crippen molar-refractivity contribution in [2.75, 3.05) is 4.90 Å². The Morgan fingerprint density at radius 2 is 0.667 bits per heavy atom. The lowest BCUT2D eigenvalue weighted by Crippen LogP contribution is -2.09. The molecule has 0 aliphatic heterocycles. The molecule has 0 unspecified atom stereocenters. The Kier molecular flexibility index (Phi) is 9.84. The molecule has 0 aliphatic carbocycles. The summed E-state index contributed by atoms with van der Waals surface area (Å²) < 4.78 is 8.64. The van der Waals surface area contributed by atoms with Gasteiger partial charge in [-0.25, -0.2) is 0 Å². The number of hydrogen-bond donors (Lipinski definition) is 0. The average Bonchev–Trinajstić information content (AvgIpc) is 3.97. The van der Waals surface area contributed by atoms with E-state index in [0.717, 1.165) is 61.4 Å². The van der Waals surface area contributed by atoms with Crippen LogP contribution < -0.4 is 4.90 Å². The molecule has 0 bridgehead atoms. The van der Waals surface area contributed by atoms with Crippen molar-refractivity contribution in [3.8, 4) is 61.3 Å². The molecular weight excluding hydrogens is 837 g/mol. The van der Waals surface area contributed by atoms with Crippen molar-refractivity contribution in [1.29, 1.82) is 0 Å². The van der Waals surface area contributed by atoms with E-state index < -0.39 is 0 Å². The first-order valence-corrected chi connectivity index (χ1v) is 23.6. The van der Waals surface area contributed by atoms with Crippen molar-refractivity contribution < 1.29 is 4.42 Å². The predicted octanol–water partition coefficient (Wildman–Crippen LogP) is 18.5.